The molecule has 0 saturated carbocycles. The second kappa shape index (κ2) is 9.28. The Hall–Kier alpha value is -4.91. The molecule has 6 rings (SSSR count). The van der Waals surface area contributed by atoms with Gasteiger partial charge in [-0.05, 0) is 35.9 Å². The van der Waals surface area contributed by atoms with Crippen LogP contribution in [0, 0.1) is 0 Å². The highest BCUT2D eigenvalue weighted by Gasteiger charge is 2.49. The molecule has 7 heteroatoms. The topological polar surface area (TPSA) is 94.0 Å². The predicted molar refractivity (Wildman–Crippen MR) is 139 cm³/mol. The second-order valence-electron chi connectivity index (χ2n) is 8.97. The first-order chi connectivity index (χ1) is 18.1. The van der Waals surface area contributed by atoms with Crippen LogP contribution in [0.2, 0.25) is 0 Å². The van der Waals surface area contributed by atoms with Gasteiger partial charge < -0.3 is 5.32 Å². The number of amides is 1. The molecule has 3 aromatic carbocycles. The average Bonchev–Trinajstić information content (AvgIpc) is 3.35. The van der Waals surface area contributed by atoms with Crippen LogP contribution in [-0.4, -0.2) is 38.2 Å². The molecule has 0 fully saturated rings. The van der Waals surface area contributed by atoms with E-state index in [0.29, 0.717) is 33.5 Å². The molecule has 0 unspecified atom stereocenters. The highest BCUT2D eigenvalue weighted by Crippen LogP contribution is 2.43. The van der Waals surface area contributed by atoms with E-state index in [1.54, 1.807) is 73.1 Å². The number of pyridine rings is 1. The molecule has 0 radical (unpaired) electrons. The summed E-state index contributed by atoms with van der Waals surface area (Å²) in [6.45, 7) is 0. The van der Waals surface area contributed by atoms with Gasteiger partial charge in [-0.2, -0.15) is 0 Å². The SMILES string of the molecule is O=C(N[C@@H]1C(=O)n2c(nc3ccccc32)[C@@H](C(=O)c2ccccc2)[C@H]1c1cccnc1)c1ccccc1. The lowest BCUT2D eigenvalue weighted by molar-refractivity contribution is 0.0727. The number of nitrogens with zero attached hydrogens (tertiary/aromatic N) is 3. The number of hydrogen-bond donors (Lipinski definition) is 1. The van der Waals surface area contributed by atoms with Gasteiger partial charge in [-0.1, -0.05) is 66.7 Å². The largest absolute Gasteiger partial charge is 0.340 e. The van der Waals surface area contributed by atoms with Gasteiger partial charge in [0.25, 0.3) is 11.8 Å². The van der Waals surface area contributed by atoms with Crippen molar-refractivity contribution < 1.29 is 14.4 Å². The van der Waals surface area contributed by atoms with Crippen molar-refractivity contribution in [3.05, 3.63) is 132 Å². The third kappa shape index (κ3) is 3.90. The van der Waals surface area contributed by atoms with Gasteiger partial charge in [0.2, 0.25) is 0 Å². The second-order valence-corrected chi connectivity index (χ2v) is 8.97. The summed E-state index contributed by atoms with van der Waals surface area (Å²) in [5.74, 6) is -2.12. The highest BCUT2D eigenvalue weighted by atomic mass is 16.2. The molecule has 37 heavy (non-hydrogen) atoms. The van der Waals surface area contributed by atoms with Crippen molar-refractivity contribution in [2.45, 2.75) is 17.9 Å². The van der Waals surface area contributed by atoms with Gasteiger partial charge in [0.1, 0.15) is 11.9 Å². The molecule has 5 aromatic rings. The van der Waals surface area contributed by atoms with Gasteiger partial charge in [0, 0.05) is 29.4 Å². The Morgan fingerprint density at radius 3 is 2.16 bits per heavy atom. The fourth-order valence-corrected chi connectivity index (χ4v) is 5.12. The smallest absolute Gasteiger partial charge is 0.255 e. The van der Waals surface area contributed by atoms with Crippen LogP contribution in [0.4, 0.5) is 0 Å². The molecular weight excluding hydrogens is 464 g/mol. The Labute approximate surface area is 212 Å². The van der Waals surface area contributed by atoms with E-state index >= 15 is 0 Å². The van der Waals surface area contributed by atoms with Crippen LogP contribution in [-0.2, 0) is 0 Å². The zero-order valence-electron chi connectivity index (χ0n) is 19.7. The van der Waals surface area contributed by atoms with Crippen molar-refractivity contribution >= 4 is 28.6 Å². The monoisotopic (exact) mass is 486 g/mol. The van der Waals surface area contributed by atoms with E-state index in [0.717, 1.165) is 0 Å². The number of carbonyl (C=O) groups excluding carboxylic acids is 3. The minimum absolute atomic E-state index is 0.183. The first kappa shape index (κ1) is 22.5. The van der Waals surface area contributed by atoms with Crippen molar-refractivity contribution in [3.63, 3.8) is 0 Å². The molecular formula is C30H22N4O3. The molecule has 1 aliphatic rings. The van der Waals surface area contributed by atoms with Crippen molar-refractivity contribution in [3.8, 4) is 0 Å². The number of rotatable bonds is 5. The molecule has 180 valence electrons. The lowest BCUT2D eigenvalue weighted by atomic mass is 9.74. The molecule has 0 bridgehead atoms. The summed E-state index contributed by atoms with van der Waals surface area (Å²) >= 11 is 0. The van der Waals surface area contributed by atoms with Gasteiger partial charge in [-0.3, -0.25) is 23.9 Å². The van der Waals surface area contributed by atoms with Crippen molar-refractivity contribution in [2.24, 2.45) is 0 Å². The number of hydrogen-bond acceptors (Lipinski definition) is 5. The summed E-state index contributed by atoms with van der Waals surface area (Å²) in [5.41, 5.74) is 2.80. The van der Waals surface area contributed by atoms with Crippen LogP contribution < -0.4 is 5.32 Å². The van der Waals surface area contributed by atoms with Crippen molar-refractivity contribution in [1.82, 2.24) is 19.9 Å². The van der Waals surface area contributed by atoms with Gasteiger partial charge in [-0.25, -0.2) is 4.98 Å². The summed E-state index contributed by atoms with van der Waals surface area (Å²) in [4.78, 5) is 50.6. The number of imidazole rings is 1. The van der Waals surface area contributed by atoms with Crippen LogP contribution in [0.3, 0.4) is 0 Å². The van der Waals surface area contributed by atoms with Gasteiger partial charge in [0.05, 0.1) is 17.0 Å². The Morgan fingerprint density at radius 1 is 0.784 bits per heavy atom. The third-order valence-corrected chi connectivity index (χ3v) is 6.80. The maximum Gasteiger partial charge on any atom is 0.255 e. The molecule has 1 N–H and O–H groups in total. The van der Waals surface area contributed by atoms with Crippen LogP contribution in [0.1, 0.15) is 48.7 Å². The Kier molecular flexibility index (Phi) is 5.65. The molecule has 0 aliphatic carbocycles. The number of carbonyl (C=O) groups is 3. The third-order valence-electron chi connectivity index (χ3n) is 6.80. The van der Waals surface area contributed by atoms with E-state index in [9.17, 15) is 14.4 Å². The number of para-hydroxylation sites is 2. The minimum Gasteiger partial charge on any atom is -0.340 e. The first-order valence-electron chi connectivity index (χ1n) is 12.0. The molecule has 0 spiro atoms. The zero-order chi connectivity index (χ0) is 25.4. The minimum atomic E-state index is -1.03. The summed E-state index contributed by atoms with van der Waals surface area (Å²) in [6, 6.07) is 27.5. The zero-order valence-corrected chi connectivity index (χ0v) is 19.7. The summed E-state index contributed by atoms with van der Waals surface area (Å²) in [7, 11) is 0. The van der Waals surface area contributed by atoms with Gasteiger partial charge in [0.15, 0.2) is 5.78 Å². The normalized spacial score (nSPS) is 18.8. The molecule has 3 atom stereocenters. The molecule has 0 saturated heterocycles. The predicted octanol–water partition coefficient (Wildman–Crippen LogP) is 4.63. The lowest BCUT2D eigenvalue weighted by Gasteiger charge is -2.37. The fraction of sp³-hybridized carbons (Fsp3) is 0.100. The van der Waals surface area contributed by atoms with E-state index < -0.39 is 23.8 Å². The fourth-order valence-electron chi connectivity index (χ4n) is 5.12. The van der Waals surface area contributed by atoms with Crippen LogP contribution in [0.25, 0.3) is 11.0 Å². The molecule has 7 nitrogen and oxygen atoms in total. The average molecular weight is 487 g/mol. The lowest BCUT2D eigenvalue weighted by Crippen LogP contribution is -2.53. The van der Waals surface area contributed by atoms with Crippen molar-refractivity contribution in [1.29, 1.82) is 0 Å². The summed E-state index contributed by atoms with van der Waals surface area (Å²) < 4.78 is 1.49. The maximum absolute atomic E-state index is 14.1. The first-order valence-corrected chi connectivity index (χ1v) is 12.0. The number of aromatic nitrogens is 3. The van der Waals surface area contributed by atoms with E-state index in [1.807, 2.05) is 36.4 Å². The number of ketones is 1. The standard InChI is InChI=1S/C30H22N4O3/c35-27(19-10-3-1-4-11-19)25-24(21-14-9-17-31-18-21)26(33-29(36)20-12-5-2-6-13-20)30(37)34-23-16-8-7-15-22(23)32-28(25)34/h1-18,24-26H,(H,33,36)/t24-,25-,26+/m1/s1. The van der Waals surface area contributed by atoms with E-state index in [1.165, 1.54) is 4.57 Å². The highest BCUT2D eigenvalue weighted by molar-refractivity contribution is 6.07. The summed E-state index contributed by atoms with van der Waals surface area (Å²) in [5, 5.41) is 2.95. The Balaban J connectivity index is 1.57. The van der Waals surface area contributed by atoms with Crippen LogP contribution in [0.15, 0.2) is 109 Å². The number of Topliss-reactive ketones (excluding diaryl/α,β-unsaturated/α-hetero) is 1. The van der Waals surface area contributed by atoms with Crippen LogP contribution in [0.5, 0.6) is 0 Å². The Bertz CT molecular complexity index is 1610. The van der Waals surface area contributed by atoms with E-state index in [2.05, 4.69) is 10.3 Å². The Morgan fingerprint density at radius 2 is 1.46 bits per heavy atom. The molecule has 2 aromatic heterocycles. The quantitative estimate of drug-likeness (QED) is 0.366. The maximum atomic E-state index is 14.1. The van der Waals surface area contributed by atoms with Crippen molar-refractivity contribution in [2.75, 3.05) is 0 Å². The van der Waals surface area contributed by atoms with E-state index in [4.69, 9.17) is 4.98 Å². The number of fused-ring (bicyclic) bond motifs is 3. The molecule has 1 amide bonds. The number of nitrogens with one attached hydrogen (secondary N) is 1. The van der Waals surface area contributed by atoms with E-state index in [-0.39, 0.29) is 11.7 Å². The molecule has 1 aliphatic heterocycles. The number of benzene rings is 3. The van der Waals surface area contributed by atoms with Gasteiger partial charge >= 0.3 is 0 Å². The van der Waals surface area contributed by atoms with Crippen LogP contribution >= 0.6 is 0 Å². The summed E-state index contributed by atoms with van der Waals surface area (Å²) in [6.07, 6.45) is 3.28. The molecule has 3 heterocycles. The van der Waals surface area contributed by atoms with Gasteiger partial charge in [-0.15, -0.1) is 0 Å².